The molecule has 1 amide bonds. The number of nitrogens with zero attached hydrogens (tertiary/aromatic N) is 2. The molecule has 5 nitrogen and oxygen atoms in total. The van der Waals surface area contributed by atoms with Crippen LogP contribution in [-0.4, -0.2) is 15.9 Å². The Hall–Kier alpha value is -3.42. The van der Waals surface area contributed by atoms with Gasteiger partial charge in [-0.3, -0.25) is 4.79 Å². The monoisotopic (exact) mass is 386 g/mol. The van der Waals surface area contributed by atoms with E-state index in [4.69, 9.17) is 0 Å². The van der Waals surface area contributed by atoms with Gasteiger partial charge in [-0.1, -0.05) is 29.8 Å². The molecule has 1 aromatic heterocycles. The first-order valence-electron chi connectivity index (χ1n) is 8.41. The van der Waals surface area contributed by atoms with E-state index in [1.807, 2.05) is 31.2 Å². The van der Waals surface area contributed by atoms with E-state index in [1.165, 1.54) is 30.1 Å². The lowest BCUT2D eigenvalue weighted by Gasteiger charge is -2.09. The fraction of sp³-hybridized carbons (Fsp3) is 0.150. The van der Waals surface area contributed by atoms with Crippen molar-refractivity contribution >= 4 is 17.5 Å². The van der Waals surface area contributed by atoms with E-state index in [0.717, 1.165) is 17.7 Å². The molecule has 1 heterocycles. The first-order chi connectivity index (χ1) is 13.3. The maximum atomic E-state index is 12.6. The minimum absolute atomic E-state index is 0.195. The van der Waals surface area contributed by atoms with E-state index in [9.17, 15) is 18.0 Å². The average Bonchev–Trinajstić information content (AvgIpc) is 2.67. The maximum Gasteiger partial charge on any atom is 0.416 e. The van der Waals surface area contributed by atoms with Crippen molar-refractivity contribution in [2.24, 2.45) is 0 Å². The number of hydrogen-bond acceptors (Lipinski definition) is 4. The molecule has 0 aliphatic rings. The Morgan fingerprint density at radius 1 is 0.964 bits per heavy atom. The van der Waals surface area contributed by atoms with Crippen LogP contribution in [0, 0.1) is 6.92 Å². The van der Waals surface area contributed by atoms with Crippen LogP contribution in [0.4, 0.5) is 24.8 Å². The van der Waals surface area contributed by atoms with Gasteiger partial charge >= 0.3 is 6.18 Å². The highest BCUT2D eigenvalue weighted by Gasteiger charge is 2.30. The minimum Gasteiger partial charge on any atom is -0.350 e. The minimum atomic E-state index is -4.42. The number of aromatic nitrogens is 2. The maximum absolute atomic E-state index is 12.6. The number of amides is 1. The summed E-state index contributed by atoms with van der Waals surface area (Å²) in [6, 6.07) is 12.2. The fourth-order valence-corrected chi connectivity index (χ4v) is 2.37. The Morgan fingerprint density at radius 2 is 1.57 bits per heavy atom. The van der Waals surface area contributed by atoms with Gasteiger partial charge < -0.3 is 10.6 Å². The van der Waals surface area contributed by atoms with E-state index in [1.54, 1.807) is 0 Å². The van der Waals surface area contributed by atoms with Crippen LogP contribution < -0.4 is 10.6 Å². The summed E-state index contributed by atoms with van der Waals surface area (Å²) < 4.78 is 37.7. The highest BCUT2D eigenvalue weighted by molar-refractivity contribution is 6.03. The lowest BCUT2D eigenvalue weighted by atomic mass is 10.1. The summed E-state index contributed by atoms with van der Waals surface area (Å²) in [5, 5.41) is 5.57. The fourth-order valence-electron chi connectivity index (χ4n) is 2.37. The van der Waals surface area contributed by atoms with Crippen LogP contribution in [0.2, 0.25) is 0 Å². The predicted molar refractivity (Wildman–Crippen MR) is 99.9 cm³/mol. The molecule has 0 atom stereocenters. The van der Waals surface area contributed by atoms with E-state index >= 15 is 0 Å². The lowest BCUT2D eigenvalue weighted by Crippen LogP contribution is -2.14. The van der Waals surface area contributed by atoms with Gasteiger partial charge in [0.1, 0.15) is 0 Å². The molecule has 8 heteroatoms. The van der Waals surface area contributed by atoms with Crippen molar-refractivity contribution in [3.63, 3.8) is 0 Å². The third-order valence-corrected chi connectivity index (χ3v) is 3.96. The number of carbonyl (C=O) groups is 1. The van der Waals surface area contributed by atoms with Gasteiger partial charge in [0.05, 0.1) is 11.1 Å². The number of nitrogens with one attached hydrogen (secondary N) is 2. The Morgan fingerprint density at radius 3 is 2.14 bits per heavy atom. The number of rotatable bonds is 5. The molecule has 0 unspecified atom stereocenters. The molecule has 3 rings (SSSR count). The Kier molecular flexibility index (Phi) is 5.58. The molecule has 0 bridgehead atoms. The number of alkyl halides is 3. The number of aryl methyl sites for hydroxylation is 1. The second-order valence-corrected chi connectivity index (χ2v) is 6.16. The Bertz CT molecular complexity index is 937. The Labute approximate surface area is 159 Å². The van der Waals surface area contributed by atoms with Crippen LogP contribution >= 0.6 is 0 Å². The summed E-state index contributed by atoms with van der Waals surface area (Å²) in [7, 11) is 0. The first-order valence-corrected chi connectivity index (χ1v) is 8.41. The molecule has 2 N–H and O–H groups in total. The van der Waals surface area contributed by atoms with Crippen molar-refractivity contribution in [1.82, 2.24) is 9.97 Å². The lowest BCUT2D eigenvalue weighted by molar-refractivity contribution is -0.137. The van der Waals surface area contributed by atoms with E-state index < -0.39 is 17.6 Å². The molecule has 3 aromatic rings. The van der Waals surface area contributed by atoms with Crippen molar-refractivity contribution < 1.29 is 18.0 Å². The zero-order valence-corrected chi connectivity index (χ0v) is 14.9. The van der Waals surface area contributed by atoms with Crippen molar-refractivity contribution in [3.8, 4) is 0 Å². The zero-order chi connectivity index (χ0) is 20.1. The predicted octanol–water partition coefficient (Wildman–Crippen LogP) is 4.67. The van der Waals surface area contributed by atoms with Gasteiger partial charge in [-0.25, -0.2) is 9.97 Å². The zero-order valence-electron chi connectivity index (χ0n) is 14.9. The molecule has 0 aliphatic carbocycles. The van der Waals surface area contributed by atoms with Crippen LogP contribution in [0.15, 0.2) is 60.9 Å². The van der Waals surface area contributed by atoms with Gasteiger partial charge in [0.15, 0.2) is 0 Å². The summed E-state index contributed by atoms with van der Waals surface area (Å²) in [5.74, 6) is -0.142. The van der Waals surface area contributed by atoms with E-state index in [0.29, 0.717) is 12.5 Å². The molecule has 0 saturated heterocycles. The third-order valence-electron chi connectivity index (χ3n) is 3.96. The van der Waals surface area contributed by atoms with Crippen molar-refractivity contribution in [3.05, 3.63) is 83.2 Å². The number of benzene rings is 2. The molecule has 144 valence electrons. The van der Waals surface area contributed by atoms with Crippen LogP contribution in [0.1, 0.15) is 27.0 Å². The van der Waals surface area contributed by atoms with Gasteiger partial charge in [-0.15, -0.1) is 0 Å². The summed E-state index contributed by atoms with van der Waals surface area (Å²) in [4.78, 5) is 20.4. The van der Waals surface area contributed by atoms with Crippen LogP contribution in [0.3, 0.4) is 0 Å². The van der Waals surface area contributed by atoms with Crippen molar-refractivity contribution in [2.75, 3.05) is 10.6 Å². The van der Waals surface area contributed by atoms with Crippen LogP contribution in [0.5, 0.6) is 0 Å². The summed E-state index contributed by atoms with van der Waals surface area (Å²) in [5.41, 5.74) is 1.90. The van der Waals surface area contributed by atoms with E-state index in [2.05, 4.69) is 20.6 Å². The third kappa shape index (κ3) is 5.06. The van der Waals surface area contributed by atoms with Gasteiger partial charge in [0, 0.05) is 24.6 Å². The van der Waals surface area contributed by atoms with Crippen LogP contribution in [0.25, 0.3) is 0 Å². The topological polar surface area (TPSA) is 66.9 Å². The molecule has 28 heavy (non-hydrogen) atoms. The van der Waals surface area contributed by atoms with E-state index in [-0.39, 0.29) is 11.3 Å². The molecule has 0 spiro atoms. The SMILES string of the molecule is Cc1ccc(CNc2ncc(C(=O)Nc3ccc(C(F)(F)F)cc3)cn2)cc1. The second-order valence-electron chi connectivity index (χ2n) is 6.16. The summed E-state index contributed by atoms with van der Waals surface area (Å²) in [6.45, 7) is 2.55. The number of anilines is 2. The highest BCUT2D eigenvalue weighted by Crippen LogP contribution is 2.29. The van der Waals surface area contributed by atoms with Gasteiger partial charge in [0.2, 0.25) is 5.95 Å². The van der Waals surface area contributed by atoms with Crippen molar-refractivity contribution in [2.45, 2.75) is 19.6 Å². The second kappa shape index (κ2) is 8.08. The number of halogens is 3. The van der Waals surface area contributed by atoms with Crippen molar-refractivity contribution in [1.29, 1.82) is 0 Å². The standard InChI is InChI=1S/C20H17F3N4O/c1-13-2-4-14(5-3-13)10-24-19-25-11-15(12-26-19)18(28)27-17-8-6-16(7-9-17)20(21,22)23/h2-9,11-12H,10H2,1H3,(H,27,28)(H,24,25,26). The molecule has 0 saturated carbocycles. The Balaban J connectivity index is 1.58. The average molecular weight is 386 g/mol. The highest BCUT2D eigenvalue weighted by atomic mass is 19.4. The van der Waals surface area contributed by atoms with Gasteiger partial charge in [-0.2, -0.15) is 13.2 Å². The molecule has 0 fully saturated rings. The number of carbonyl (C=O) groups excluding carboxylic acids is 1. The molecule has 0 aliphatic heterocycles. The molecular weight excluding hydrogens is 369 g/mol. The first kappa shape index (κ1) is 19.3. The number of hydrogen-bond donors (Lipinski definition) is 2. The largest absolute Gasteiger partial charge is 0.416 e. The molecular formula is C20H17F3N4O. The molecule has 0 radical (unpaired) electrons. The quantitative estimate of drug-likeness (QED) is 0.669. The normalized spacial score (nSPS) is 11.1. The van der Waals surface area contributed by atoms with Gasteiger partial charge in [-0.05, 0) is 36.8 Å². The summed E-state index contributed by atoms with van der Waals surface area (Å²) in [6.07, 6.45) is -1.72. The summed E-state index contributed by atoms with van der Waals surface area (Å²) >= 11 is 0. The smallest absolute Gasteiger partial charge is 0.350 e. The van der Waals surface area contributed by atoms with Gasteiger partial charge in [0.25, 0.3) is 5.91 Å². The van der Waals surface area contributed by atoms with Crippen LogP contribution in [-0.2, 0) is 12.7 Å². The molecule has 2 aromatic carbocycles.